The van der Waals surface area contributed by atoms with Gasteiger partial charge in [-0.3, -0.25) is 9.79 Å². The Bertz CT molecular complexity index is 422. The van der Waals surface area contributed by atoms with Gasteiger partial charge in [-0.1, -0.05) is 6.92 Å². The minimum Gasteiger partial charge on any atom is -0.460 e. The van der Waals surface area contributed by atoms with E-state index in [0.717, 1.165) is 25.5 Å². The molecule has 1 aliphatic heterocycles. The van der Waals surface area contributed by atoms with Crippen molar-refractivity contribution in [1.82, 2.24) is 10.2 Å². The van der Waals surface area contributed by atoms with Crippen LogP contribution in [0.1, 0.15) is 47.0 Å². The Morgan fingerprint density at radius 3 is 2.62 bits per heavy atom. The van der Waals surface area contributed by atoms with Gasteiger partial charge in [0.15, 0.2) is 5.96 Å². The van der Waals surface area contributed by atoms with Gasteiger partial charge in [0.25, 0.3) is 0 Å². The maximum absolute atomic E-state index is 12.1. The van der Waals surface area contributed by atoms with Crippen LogP contribution in [0.5, 0.6) is 0 Å². The summed E-state index contributed by atoms with van der Waals surface area (Å²) < 4.78 is 5.48. The van der Waals surface area contributed by atoms with Crippen molar-refractivity contribution in [3.8, 4) is 0 Å². The lowest BCUT2D eigenvalue weighted by Gasteiger charge is -2.24. The Morgan fingerprint density at radius 2 is 2.10 bits per heavy atom. The first-order chi connectivity index (χ1) is 9.72. The first-order valence-electron chi connectivity index (χ1n) is 7.91. The van der Waals surface area contributed by atoms with Gasteiger partial charge in [-0.15, -0.1) is 0 Å². The fraction of sp³-hybridized carbons (Fsp3) is 0.875. The first kappa shape index (κ1) is 16.1. The van der Waals surface area contributed by atoms with E-state index in [4.69, 9.17) is 4.74 Å². The van der Waals surface area contributed by atoms with Gasteiger partial charge in [0.05, 0.1) is 5.92 Å². The second kappa shape index (κ2) is 5.85. The number of nitrogens with zero attached hydrogens (tertiary/aromatic N) is 2. The van der Waals surface area contributed by atoms with Crippen LogP contribution in [0.2, 0.25) is 0 Å². The number of guanidine groups is 1. The van der Waals surface area contributed by atoms with Crippen LogP contribution in [0.3, 0.4) is 0 Å². The summed E-state index contributed by atoms with van der Waals surface area (Å²) in [6, 6.07) is 0. The van der Waals surface area contributed by atoms with E-state index < -0.39 is 5.60 Å². The maximum atomic E-state index is 12.1. The molecule has 5 heteroatoms. The third kappa shape index (κ3) is 4.61. The number of esters is 1. The lowest BCUT2D eigenvalue weighted by molar-refractivity contribution is -0.159. The molecule has 5 nitrogen and oxygen atoms in total. The van der Waals surface area contributed by atoms with E-state index in [2.05, 4.69) is 22.1 Å². The van der Waals surface area contributed by atoms with E-state index in [0.29, 0.717) is 12.0 Å². The SMILES string of the molecule is CN=C(NCC1(C)CC1)N1CCC(C(=O)OC(C)(C)C)C1. The van der Waals surface area contributed by atoms with Crippen molar-refractivity contribution in [3.63, 3.8) is 0 Å². The van der Waals surface area contributed by atoms with Crippen molar-refractivity contribution in [2.45, 2.75) is 52.6 Å². The van der Waals surface area contributed by atoms with Gasteiger partial charge in [0, 0.05) is 26.7 Å². The molecule has 0 amide bonds. The van der Waals surface area contributed by atoms with Crippen molar-refractivity contribution < 1.29 is 9.53 Å². The number of aliphatic imine (C=N–C) groups is 1. The number of carbonyl (C=O) groups is 1. The fourth-order valence-electron chi connectivity index (χ4n) is 2.55. The average molecular weight is 295 g/mol. The highest BCUT2D eigenvalue weighted by Gasteiger charge is 2.38. The summed E-state index contributed by atoms with van der Waals surface area (Å²) >= 11 is 0. The van der Waals surface area contributed by atoms with Gasteiger partial charge in [0.1, 0.15) is 5.60 Å². The second-order valence-corrected chi connectivity index (χ2v) is 7.68. The van der Waals surface area contributed by atoms with Gasteiger partial charge >= 0.3 is 5.97 Å². The normalized spacial score (nSPS) is 24.9. The van der Waals surface area contributed by atoms with E-state index in [1.807, 2.05) is 20.8 Å². The molecule has 0 aromatic rings. The van der Waals surface area contributed by atoms with Crippen LogP contribution in [0, 0.1) is 11.3 Å². The van der Waals surface area contributed by atoms with E-state index >= 15 is 0 Å². The van der Waals surface area contributed by atoms with Crippen LogP contribution in [-0.4, -0.2) is 49.1 Å². The molecule has 0 radical (unpaired) electrons. The number of ether oxygens (including phenoxy) is 1. The van der Waals surface area contributed by atoms with Crippen LogP contribution in [0.25, 0.3) is 0 Å². The van der Waals surface area contributed by atoms with Crippen molar-refractivity contribution in [2.75, 3.05) is 26.7 Å². The van der Waals surface area contributed by atoms with Crippen molar-refractivity contribution in [1.29, 1.82) is 0 Å². The summed E-state index contributed by atoms with van der Waals surface area (Å²) in [5, 5.41) is 3.45. The molecule has 0 spiro atoms. The monoisotopic (exact) mass is 295 g/mol. The molecule has 1 N–H and O–H groups in total. The Balaban J connectivity index is 1.84. The van der Waals surface area contributed by atoms with Gasteiger partial charge in [-0.2, -0.15) is 0 Å². The number of likely N-dealkylation sites (tertiary alicyclic amines) is 1. The topological polar surface area (TPSA) is 53.9 Å². The molecule has 2 rings (SSSR count). The molecule has 120 valence electrons. The molecule has 21 heavy (non-hydrogen) atoms. The first-order valence-corrected chi connectivity index (χ1v) is 7.91. The van der Waals surface area contributed by atoms with E-state index in [1.54, 1.807) is 7.05 Å². The number of rotatable bonds is 3. The van der Waals surface area contributed by atoms with Crippen LogP contribution in [-0.2, 0) is 9.53 Å². The molecule has 1 atom stereocenters. The summed E-state index contributed by atoms with van der Waals surface area (Å²) in [6.45, 7) is 10.6. The zero-order valence-corrected chi connectivity index (χ0v) is 14.0. The predicted molar refractivity (Wildman–Crippen MR) is 84.2 cm³/mol. The molecule has 0 bridgehead atoms. The molecular formula is C16H29N3O2. The molecule has 2 aliphatic rings. The lowest BCUT2D eigenvalue weighted by Crippen LogP contribution is -2.42. The molecule has 0 aromatic heterocycles. The van der Waals surface area contributed by atoms with E-state index in [1.165, 1.54) is 12.8 Å². The molecule has 1 saturated heterocycles. The lowest BCUT2D eigenvalue weighted by atomic mass is 10.1. The van der Waals surface area contributed by atoms with Gasteiger partial charge in [0.2, 0.25) is 0 Å². The summed E-state index contributed by atoms with van der Waals surface area (Å²) in [7, 11) is 1.80. The summed E-state index contributed by atoms with van der Waals surface area (Å²) in [5.74, 6) is 0.781. The molecule has 0 aromatic carbocycles. The van der Waals surface area contributed by atoms with Crippen LogP contribution < -0.4 is 5.32 Å². The minimum atomic E-state index is -0.412. The van der Waals surface area contributed by atoms with Crippen molar-refractivity contribution in [2.24, 2.45) is 16.3 Å². The Morgan fingerprint density at radius 1 is 1.43 bits per heavy atom. The zero-order valence-electron chi connectivity index (χ0n) is 14.0. The Kier molecular flexibility index (Phi) is 4.49. The quantitative estimate of drug-likeness (QED) is 0.492. The minimum absolute atomic E-state index is 0.0423. The van der Waals surface area contributed by atoms with Gasteiger partial charge in [-0.05, 0) is 45.4 Å². The van der Waals surface area contributed by atoms with Crippen LogP contribution in [0.15, 0.2) is 4.99 Å². The molecule has 1 heterocycles. The molecule has 1 unspecified atom stereocenters. The smallest absolute Gasteiger partial charge is 0.311 e. The third-order valence-corrected chi connectivity index (χ3v) is 4.22. The van der Waals surface area contributed by atoms with E-state index in [9.17, 15) is 4.79 Å². The Hall–Kier alpha value is -1.26. The number of hydrogen-bond acceptors (Lipinski definition) is 3. The third-order valence-electron chi connectivity index (χ3n) is 4.22. The Labute approximate surface area is 128 Å². The van der Waals surface area contributed by atoms with Gasteiger partial charge in [-0.25, -0.2) is 0 Å². The molecule has 2 fully saturated rings. The second-order valence-electron chi connectivity index (χ2n) is 7.68. The molecular weight excluding hydrogens is 266 g/mol. The number of nitrogens with one attached hydrogen (secondary N) is 1. The number of carbonyl (C=O) groups excluding carboxylic acids is 1. The standard InChI is InChI=1S/C16H29N3O2/c1-15(2,3)21-13(20)12-6-9-19(10-12)14(17-5)18-11-16(4)7-8-16/h12H,6-11H2,1-5H3,(H,17,18). The number of hydrogen-bond donors (Lipinski definition) is 1. The highest BCUT2D eigenvalue weighted by molar-refractivity contribution is 5.82. The summed E-state index contributed by atoms with van der Waals surface area (Å²) in [4.78, 5) is 18.7. The predicted octanol–water partition coefficient (Wildman–Crippen LogP) is 2.03. The maximum Gasteiger partial charge on any atom is 0.311 e. The average Bonchev–Trinajstić information content (AvgIpc) is 2.90. The summed E-state index contributed by atoms with van der Waals surface area (Å²) in [5.41, 5.74) is 0.0330. The highest BCUT2D eigenvalue weighted by Crippen LogP contribution is 2.44. The van der Waals surface area contributed by atoms with E-state index in [-0.39, 0.29) is 11.9 Å². The van der Waals surface area contributed by atoms with Gasteiger partial charge < -0.3 is 15.0 Å². The highest BCUT2D eigenvalue weighted by atomic mass is 16.6. The zero-order chi connectivity index (χ0) is 15.7. The summed E-state index contributed by atoms with van der Waals surface area (Å²) in [6.07, 6.45) is 3.42. The van der Waals surface area contributed by atoms with Crippen LogP contribution >= 0.6 is 0 Å². The molecule has 1 saturated carbocycles. The molecule has 1 aliphatic carbocycles. The van der Waals surface area contributed by atoms with Crippen molar-refractivity contribution >= 4 is 11.9 Å². The van der Waals surface area contributed by atoms with Crippen molar-refractivity contribution in [3.05, 3.63) is 0 Å². The largest absolute Gasteiger partial charge is 0.460 e. The fourth-order valence-corrected chi connectivity index (χ4v) is 2.55. The van der Waals surface area contributed by atoms with Crippen LogP contribution in [0.4, 0.5) is 0 Å².